The van der Waals surface area contributed by atoms with E-state index < -0.39 is 0 Å². The number of rotatable bonds is 3. The van der Waals surface area contributed by atoms with E-state index in [-0.39, 0.29) is 0 Å². The van der Waals surface area contributed by atoms with E-state index in [4.69, 9.17) is 4.42 Å². The number of furan rings is 1. The first kappa shape index (κ1) is 11.5. The number of aryl methyl sites for hydroxylation is 2. The van der Waals surface area contributed by atoms with E-state index in [0.717, 1.165) is 12.2 Å². The highest BCUT2D eigenvalue weighted by molar-refractivity contribution is 9.09. The monoisotopic (exact) mass is 278 g/mol. The van der Waals surface area contributed by atoms with Crippen molar-refractivity contribution in [2.45, 2.75) is 25.1 Å². The average Bonchev–Trinajstić information content (AvgIpc) is 2.65. The second-order valence-corrected chi connectivity index (χ2v) is 5.26. The summed E-state index contributed by atoms with van der Waals surface area (Å²) in [5.74, 6) is 0.962. The molecular weight excluding hydrogens is 264 g/mol. The summed E-state index contributed by atoms with van der Waals surface area (Å²) in [5, 5.41) is 0. The summed E-state index contributed by atoms with van der Waals surface area (Å²) < 4.78 is 5.32. The Balaban J connectivity index is 2.10. The van der Waals surface area contributed by atoms with Gasteiger partial charge in [-0.3, -0.25) is 0 Å². The summed E-state index contributed by atoms with van der Waals surface area (Å²) in [5.41, 5.74) is 3.86. The Kier molecular flexibility index (Phi) is 3.49. The SMILES string of the molecule is Cc1cccc(CC(Br)c2coc(C)c2)c1. The third-order valence-electron chi connectivity index (χ3n) is 2.61. The number of benzene rings is 1. The predicted octanol–water partition coefficient (Wildman–Crippen LogP) is 4.58. The van der Waals surface area contributed by atoms with Gasteiger partial charge in [-0.1, -0.05) is 45.8 Å². The molecule has 0 radical (unpaired) electrons. The molecule has 1 aromatic carbocycles. The molecule has 0 saturated carbocycles. The van der Waals surface area contributed by atoms with Crippen LogP contribution in [0, 0.1) is 13.8 Å². The molecule has 0 bridgehead atoms. The average molecular weight is 279 g/mol. The zero-order valence-electron chi connectivity index (χ0n) is 9.53. The lowest BCUT2D eigenvalue weighted by Crippen LogP contribution is -1.94. The number of hydrogen-bond donors (Lipinski definition) is 0. The van der Waals surface area contributed by atoms with Gasteiger partial charge in [0.05, 0.1) is 6.26 Å². The van der Waals surface area contributed by atoms with Gasteiger partial charge in [-0.25, -0.2) is 0 Å². The quantitative estimate of drug-likeness (QED) is 0.750. The zero-order valence-corrected chi connectivity index (χ0v) is 11.1. The van der Waals surface area contributed by atoms with Crippen LogP contribution in [0.5, 0.6) is 0 Å². The molecule has 2 heteroatoms. The maximum Gasteiger partial charge on any atom is 0.101 e. The minimum atomic E-state index is 0.326. The Morgan fingerprint density at radius 3 is 2.69 bits per heavy atom. The molecule has 1 unspecified atom stereocenters. The maximum absolute atomic E-state index is 5.32. The first-order chi connectivity index (χ1) is 7.65. The van der Waals surface area contributed by atoms with E-state index in [1.54, 1.807) is 0 Å². The summed E-state index contributed by atoms with van der Waals surface area (Å²) in [6.45, 7) is 4.09. The topological polar surface area (TPSA) is 13.1 Å². The highest BCUT2D eigenvalue weighted by atomic mass is 79.9. The highest BCUT2D eigenvalue weighted by Gasteiger charge is 2.10. The molecule has 1 heterocycles. The summed E-state index contributed by atoms with van der Waals surface area (Å²) in [6, 6.07) is 10.7. The minimum Gasteiger partial charge on any atom is -0.469 e. The third kappa shape index (κ3) is 2.76. The Morgan fingerprint density at radius 2 is 2.06 bits per heavy atom. The second kappa shape index (κ2) is 4.88. The van der Waals surface area contributed by atoms with Gasteiger partial charge in [-0.05, 0) is 31.9 Å². The largest absolute Gasteiger partial charge is 0.469 e. The molecule has 1 aromatic heterocycles. The van der Waals surface area contributed by atoms with Crippen LogP contribution in [0.25, 0.3) is 0 Å². The van der Waals surface area contributed by atoms with Crippen LogP contribution in [0.4, 0.5) is 0 Å². The van der Waals surface area contributed by atoms with Crippen molar-refractivity contribution in [1.82, 2.24) is 0 Å². The van der Waals surface area contributed by atoms with Crippen LogP contribution in [-0.4, -0.2) is 0 Å². The van der Waals surface area contributed by atoms with Crippen LogP contribution < -0.4 is 0 Å². The van der Waals surface area contributed by atoms with Crippen molar-refractivity contribution in [3.05, 3.63) is 59.0 Å². The van der Waals surface area contributed by atoms with Gasteiger partial charge in [0.15, 0.2) is 0 Å². The standard InChI is InChI=1S/C14H15BrO/c1-10-4-3-5-12(6-10)8-14(15)13-7-11(2)16-9-13/h3-7,9,14H,8H2,1-2H3. The van der Waals surface area contributed by atoms with Crippen molar-refractivity contribution in [3.63, 3.8) is 0 Å². The van der Waals surface area contributed by atoms with E-state index in [1.807, 2.05) is 13.2 Å². The summed E-state index contributed by atoms with van der Waals surface area (Å²) in [4.78, 5) is 0.326. The first-order valence-electron chi connectivity index (χ1n) is 5.40. The minimum absolute atomic E-state index is 0.326. The van der Waals surface area contributed by atoms with Crippen LogP contribution in [0.1, 0.15) is 27.3 Å². The molecule has 0 aliphatic heterocycles. The fourth-order valence-electron chi connectivity index (χ4n) is 1.79. The van der Waals surface area contributed by atoms with Crippen molar-refractivity contribution in [2.24, 2.45) is 0 Å². The van der Waals surface area contributed by atoms with E-state index >= 15 is 0 Å². The lowest BCUT2D eigenvalue weighted by atomic mass is 10.0. The van der Waals surface area contributed by atoms with Gasteiger partial charge in [-0.15, -0.1) is 0 Å². The first-order valence-corrected chi connectivity index (χ1v) is 6.31. The van der Waals surface area contributed by atoms with E-state index in [9.17, 15) is 0 Å². The van der Waals surface area contributed by atoms with Crippen LogP contribution in [0.15, 0.2) is 41.0 Å². The van der Waals surface area contributed by atoms with E-state index in [0.29, 0.717) is 4.83 Å². The van der Waals surface area contributed by atoms with Crippen molar-refractivity contribution in [1.29, 1.82) is 0 Å². The lowest BCUT2D eigenvalue weighted by molar-refractivity contribution is 0.531. The highest BCUT2D eigenvalue weighted by Crippen LogP contribution is 2.28. The van der Waals surface area contributed by atoms with Gasteiger partial charge in [0.25, 0.3) is 0 Å². The molecule has 2 aromatic rings. The molecule has 0 saturated heterocycles. The molecule has 0 aliphatic carbocycles. The van der Waals surface area contributed by atoms with Gasteiger partial charge in [-0.2, -0.15) is 0 Å². The molecule has 0 N–H and O–H groups in total. The molecule has 0 spiro atoms. The van der Waals surface area contributed by atoms with Crippen molar-refractivity contribution < 1.29 is 4.42 Å². The summed E-state index contributed by atoms with van der Waals surface area (Å²) in [6.07, 6.45) is 2.81. The van der Waals surface area contributed by atoms with Gasteiger partial charge in [0.2, 0.25) is 0 Å². The van der Waals surface area contributed by atoms with Gasteiger partial charge >= 0.3 is 0 Å². The summed E-state index contributed by atoms with van der Waals surface area (Å²) in [7, 11) is 0. The molecule has 1 nitrogen and oxygen atoms in total. The smallest absolute Gasteiger partial charge is 0.101 e. The Hall–Kier alpha value is -1.02. The van der Waals surface area contributed by atoms with Crippen LogP contribution in [-0.2, 0) is 6.42 Å². The van der Waals surface area contributed by atoms with Gasteiger partial charge in [0.1, 0.15) is 5.76 Å². The van der Waals surface area contributed by atoms with Gasteiger partial charge in [0, 0.05) is 10.4 Å². The normalized spacial score (nSPS) is 12.7. The van der Waals surface area contributed by atoms with E-state index in [2.05, 4.69) is 53.2 Å². The number of halogens is 1. The number of alkyl halides is 1. The Labute approximate surface area is 105 Å². The molecule has 16 heavy (non-hydrogen) atoms. The van der Waals surface area contributed by atoms with Crippen molar-refractivity contribution in [3.8, 4) is 0 Å². The van der Waals surface area contributed by atoms with Crippen molar-refractivity contribution in [2.75, 3.05) is 0 Å². The van der Waals surface area contributed by atoms with Crippen LogP contribution in [0.3, 0.4) is 0 Å². The molecule has 1 atom stereocenters. The number of hydrogen-bond acceptors (Lipinski definition) is 1. The van der Waals surface area contributed by atoms with Crippen LogP contribution in [0.2, 0.25) is 0 Å². The Morgan fingerprint density at radius 1 is 1.25 bits per heavy atom. The van der Waals surface area contributed by atoms with Crippen LogP contribution >= 0.6 is 15.9 Å². The Bertz CT molecular complexity index is 473. The zero-order chi connectivity index (χ0) is 11.5. The molecule has 2 rings (SSSR count). The predicted molar refractivity (Wildman–Crippen MR) is 70.0 cm³/mol. The molecule has 84 valence electrons. The molecule has 0 fully saturated rings. The van der Waals surface area contributed by atoms with Gasteiger partial charge < -0.3 is 4.42 Å². The summed E-state index contributed by atoms with van der Waals surface area (Å²) >= 11 is 3.70. The third-order valence-corrected chi connectivity index (χ3v) is 3.46. The maximum atomic E-state index is 5.32. The fraction of sp³-hybridized carbons (Fsp3) is 0.286. The molecular formula is C14H15BrO. The molecule has 0 amide bonds. The second-order valence-electron chi connectivity index (χ2n) is 4.15. The van der Waals surface area contributed by atoms with E-state index in [1.165, 1.54) is 16.7 Å². The lowest BCUT2D eigenvalue weighted by Gasteiger charge is -2.07. The van der Waals surface area contributed by atoms with Crippen molar-refractivity contribution >= 4 is 15.9 Å². The molecule has 0 aliphatic rings. The fourth-order valence-corrected chi connectivity index (χ4v) is 2.41.